The maximum Gasteiger partial charge on any atom is 0.264 e. The maximum absolute atomic E-state index is 11.3. The van der Waals surface area contributed by atoms with Gasteiger partial charge in [0.2, 0.25) is 0 Å². The molecule has 2 rings (SSSR count). The van der Waals surface area contributed by atoms with Gasteiger partial charge in [-0.15, -0.1) is 0 Å². The second-order valence-electron chi connectivity index (χ2n) is 2.98. The van der Waals surface area contributed by atoms with Crippen LogP contribution >= 0.6 is 23.2 Å². The Hall–Kier alpha value is -0.930. The van der Waals surface area contributed by atoms with E-state index in [1.807, 2.05) is 0 Å². The van der Waals surface area contributed by atoms with Crippen LogP contribution in [0.25, 0.3) is 0 Å². The average molecular weight is 232 g/mol. The van der Waals surface area contributed by atoms with Crippen LogP contribution in [-0.2, 0) is 4.79 Å². The first-order valence-electron chi connectivity index (χ1n) is 3.98. The zero-order valence-electron chi connectivity index (χ0n) is 7.38. The van der Waals surface area contributed by atoms with Crippen molar-refractivity contribution < 1.29 is 9.53 Å². The van der Waals surface area contributed by atoms with Crippen molar-refractivity contribution in [2.45, 2.75) is 0 Å². The van der Waals surface area contributed by atoms with Crippen LogP contribution in [0.1, 0.15) is 0 Å². The van der Waals surface area contributed by atoms with E-state index < -0.39 is 0 Å². The number of carbonyl (C=O) groups is 1. The molecule has 0 N–H and O–H groups in total. The van der Waals surface area contributed by atoms with Crippen molar-refractivity contribution in [3.63, 3.8) is 0 Å². The van der Waals surface area contributed by atoms with Gasteiger partial charge in [-0.1, -0.05) is 23.2 Å². The molecule has 0 fully saturated rings. The first-order chi connectivity index (χ1) is 6.59. The highest BCUT2D eigenvalue weighted by molar-refractivity contribution is 6.36. The number of hydrogen-bond donors (Lipinski definition) is 0. The van der Waals surface area contributed by atoms with Crippen molar-refractivity contribution in [1.82, 2.24) is 0 Å². The Bertz CT molecular complexity index is 406. The van der Waals surface area contributed by atoms with Gasteiger partial charge in [-0.25, -0.2) is 0 Å². The van der Waals surface area contributed by atoms with Crippen molar-refractivity contribution in [2.75, 3.05) is 18.6 Å². The molecule has 0 saturated heterocycles. The molecule has 1 aliphatic rings. The van der Waals surface area contributed by atoms with E-state index in [0.717, 1.165) is 0 Å². The smallest absolute Gasteiger partial charge is 0.264 e. The highest BCUT2D eigenvalue weighted by Crippen LogP contribution is 2.40. The number of ether oxygens (including phenoxy) is 1. The predicted molar refractivity (Wildman–Crippen MR) is 55.4 cm³/mol. The third-order valence-corrected chi connectivity index (χ3v) is 2.56. The molecule has 0 atom stereocenters. The minimum Gasteiger partial charge on any atom is -0.480 e. The summed E-state index contributed by atoms with van der Waals surface area (Å²) in [4.78, 5) is 12.8. The normalized spacial score (nSPS) is 15.1. The molecule has 74 valence electrons. The van der Waals surface area contributed by atoms with Gasteiger partial charge in [0.05, 0.1) is 10.7 Å². The van der Waals surface area contributed by atoms with E-state index in [0.29, 0.717) is 21.5 Å². The lowest BCUT2D eigenvalue weighted by atomic mass is 10.2. The molecule has 0 aliphatic carbocycles. The zero-order valence-corrected chi connectivity index (χ0v) is 8.89. The summed E-state index contributed by atoms with van der Waals surface area (Å²) in [6.45, 7) is 0.0187. The highest BCUT2D eigenvalue weighted by Gasteiger charge is 2.24. The van der Waals surface area contributed by atoms with E-state index in [-0.39, 0.29) is 12.5 Å². The average Bonchev–Trinajstić information content (AvgIpc) is 2.12. The number of rotatable bonds is 0. The Morgan fingerprint density at radius 1 is 1.43 bits per heavy atom. The number of fused-ring (bicyclic) bond motifs is 1. The number of amides is 1. The molecule has 0 saturated carbocycles. The highest BCUT2D eigenvalue weighted by atomic mass is 35.5. The maximum atomic E-state index is 11.3. The monoisotopic (exact) mass is 231 g/mol. The van der Waals surface area contributed by atoms with Crippen molar-refractivity contribution in [3.05, 3.63) is 22.2 Å². The van der Waals surface area contributed by atoms with Crippen LogP contribution in [0.2, 0.25) is 10.0 Å². The van der Waals surface area contributed by atoms with Gasteiger partial charge in [0, 0.05) is 12.1 Å². The SMILES string of the molecule is CN1C(=O)COc2c(Cl)cc(Cl)cc21. The molecule has 0 radical (unpaired) electrons. The molecule has 1 aliphatic heterocycles. The van der Waals surface area contributed by atoms with Crippen LogP contribution in [0.15, 0.2) is 12.1 Å². The lowest BCUT2D eigenvalue weighted by molar-refractivity contribution is -0.120. The number of benzene rings is 1. The van der Waals surface area contributed by atoms with Crippen molar-refractivity contribution in [1.29, 1.82) is 0 Å². The molecule has 0 aromatic heterocycles. The molecule has 3 nitrogen and oxygen atoms in total. The van der Waals surface area contributed by atoms with Gasteiger partial charge in [-0.05, 0) is 12.1 Å². The van der Waals surface area contributed by atoms with E-state index in [9.17, 15) is 4.79 Å². The van der Waals surface area contributed by atoms with E-state index >= 15 is 0 Å². The fourth-order valence-electron chi connectivity index (χ4n) is 1.30. The molecule has 0 unspecified atom stereocenters. The van der Waals surface area contributed by atoms with Crippen LogP contribution in [0.3, 0.4) is 0 Å². The molecular formula is C9H7Cl2NO2. The summed E-state index contributed by atoms with van der Waals surface area (Å²) in [6, 6.07) is 3.24. The second kappa shape index (κ2) is 3.33. The number of halogens is 2. The summed E-state index contributed by atoms with van der Waals surface area (Å²) in [5.74, 6) is 0.397. The largest absolute Gasteiger partial charge is 0.480 e. The standard InChI is InChI=1S/C9H7Cl2NO2/c1-12-7-3-5(10)2-6(11)9(7)14-4-8(12)13/h2-3H,4H2,1H3. The summed E-state index contributed by atoms with van der Waals surface area (Å²) in [5, 5.41) is 0.908. The molecule has 0 spiro atoms. The Morgan fingerprint density at radius 3 is 2.86 bits per heavy atom. The number of nitrogens with zero attached hydrogens (tertiary/aromatic N) is 1. The third kappa shape index (κ3) is 1.42. The third-order valence-electron chi connectivity index (χ3n) is 2.06. The minimum atomic E-state index is -0.115. The molecule has 5 heteroatoms. The summed E-state index contributed by atoms with van der Waals surface area (Å²) in [7, 11) is 1.66. The van der Waals surface area contributed by atoms with Crippen molar-refractivity contribution in [2.24, 2.45) is 0 Å². The minimum absolute atomic E-state index is 0.0187. The Balaban J connectivity index is 2.59. The Morgan fingerprint density at radius 2 is 2.14 bits per heavy atom. The topological polar surface area (TPSA) is 29.5 Å². The van der Waals surface area contributed by atoms with Crippen molar-refractivity contribution >= 4 is 34.8 Å². The molecule has 1 amide bonds. The number of carbonyl (C=O) groups excluding carboxylic acids is 1. The van der Waals surface area contributed by atoms with Gasteiger partial charge >= 0.3 is 0 Å². The Kier molecular flexibility index (Phi) is 2.29. The van der Waals surface area contributed by atoms with Gasteiger partial charge in [0.1, 0.15) is 0 Å². The zero-order chi connectivity index (χ0) is 10.3. The van der Waals surface area contributed by atoms with E-state index in [4.69, 9.17) is 27.9 Å². The van der Waals surface area contributed by atoms with Crippen LogP contribution in [0.4, 0.5) is 5.69 Å². The van der Waals surface area contributed by atoms with E-state index in [1.54, 1.807) is 19.2 Å². The second-order valence-corrected chi connectivity index (χ2v) is 3.82. The number of hydrogen-bond acceptors (Lipinski definition) is 2. The molecule has 1 heterocycles. The van der Waals surface area contributed by atoms with E-state index in [2.05, 4.69) is 0 Å². The van der Waals surface area contributed by atoms with Gasteiger partial charge in [0.25, 0.3) is 5.91 Å². The first-order valence-corrected chi connectivity index (χ1v) is 4.73. The predicted octanol–water partition coefficient (Wildman–Crippen LogP) is 2.35. The molecule has 1 aromatic rings. The van der Waals surface area contributed by atoms with E-state index in [1.165, 1.54) is 4.90 Å². The quantitative estimate of drug-likeness (QED) is 0.687. The summed E-state index contributed by atoms with van der Waals surface area (Å²) in [6.07, 6.45) is 0. The van der Waals surface area contributed by atoms with Gasteiger partial charge in [-0.2, -0.15) is 0 Å². The summed E-state index contributed by atoms with van der Waals surface area (Å²) >= 11 is 11.7. The summed E-state index contributed by atoms with van der Waals surface area (Å²) in [5.41, 5.74) is 0.610. The Labute approximate surface area is 91.2 Å². The van der Waals surface area contributed by atoms with Crippen LogP contribution in [0.5, 0.6) is 5.75 Å². The van der Waals surface area contributed by atoms with Crippen LogP contribution in [0, 0.1) is 0 Å². The fourth-order valence-corrected chi connectivity index (χ4v) is 1.84. The van der Waals surface area contributed by atoms with Crippen LogP contribution < -0.4 is 9.64 Å². The van der Waals surface area contributed by atoms with Gasteiger partial charge in [-0.3, -0.25) is 4.79 Å². The summed E-state index contributed by atoms with van der Waals surface area (Å²) < 4.78 is 5.21. The van der Waals surface area contributed by atoms with Gasteiger partial charge in [0.15, 0.2) is 12.4 Å². The lowest BCUT2D eigenvalue weighted by Crippen LogP contribution is -2.35. The van der Waals surface area contributed by atoms with Gasteiger partial charge < -0.3 is 9.64 Å². The molecule has 14 heavy (non-hydrogen) atoms. The first kappa shape index (κ1) is 9.62. The van der Waals surface area contributed by atoms with Crippen molar-refractivity contribution in [3.8, 4) is 5.75 Å². The van der Waals surface area contributed by atoms with Crippen LogP contribution in [-0.4, -0.2) is 19.6 Å². The molecule has 1 aromatic carbocycles. The number of anilines is 1. The fraction of sp³-hybridized carbons (Fsp3) is 0.222. The molecular weight excluding hydrogens is 225 g/mol. The lowest BCUT2D eigenvalue weighted by Gasteiger charge is -2.26. The molecule has 0 bridgehead atoms. The number of likely N-dealkylation sites (N-methyl/N-ethyl adjacent to an activating group) is 1.